The molecule has 3 aromatic rings. The van der Waals surface area contributed by atoms with Crippen molar-refractivity contribution in [2.24, 2.45) is 7.05 Å². The van der Waals surface area contributed by atoms with Crippen LogP contribution >= 0.6 is 0 Å². The Bertz CT molecular complexity index is 810. The van der Waals surface area contributed by atoms with Gasteiger partial charge in [-0.05, 0) is 49.2 Å². The van der Waals surface area contributed by atoms with E-state index in [4.69, 9.17) is 0 Å². The molecule has 0 aliphatic carbocycles. The van der Waals surface area contributed by atoms with E-state index >= 15 is 0 Å². The monoisotopic (exact) mass is 278 g/mol. The summed E-state index contributed by atoms with van der Waals surface area (Å²) in [5, 5.41) is 4.10. The van der Waals surface area contributed by atoms with Gasteiger partial charge in [0.1, 0.15) is 0 Å². The van der Waals surface area contributed by atoms with Crippen LogP contribution in [0.3, 0.4) is 0 Å². The van der Waals surface area contributed by atoms with Crippen LogP contribution in [0.15, 0.2) is 48.7 Å². The molecule has 3 nitrogen and oxygen atoms in total. The number of rotatable bonds is 2. The summed E-state index contributed by atoms with van der Waals surface area (Å²) in [6, 6.07) is 13.8. The molecule has 0 radical (unpaired) electrons. The third kappa shape index (κ3) is 2.42. The van der Waals surface area contributed by atoms with Crippen molar-refractivity contribution in [3.63, 3.8) is 0 Å². The highest BCUT2D eigenvalue weighted by Gasteiger charge is 2.10. The normalized spacial score (nSPS) is 10.8. The summed E-state index contributed by atoms with van der Waals surface area (Å²) in [6.07, 6.45) is 2.00. The minimum absolute atomic E-state index is 0.0712. The van der Waals surface area contributed by atoms with Crippen LogP contribution in [0.5, 0.6) is 0 Å². The zero-order valence-corrected chi connectivity index (χ0v) is 12.5. The van der Waals surface area contributed by atoms with Gasteiger partial charge in [-0.25, -0.2) is 0 Å². The van der Waals surface area contributed by atoms with E-state index in [0.717, 1.165) is 27.7 Å². The molecule has 1 N–H and O–H groups in total. The van der Waals surface area contributed by atoms with Crippen molar-refractivity contribution in [3.8, 4) is 0 Å². The Balaban J connectivity index is 1.93. The maximum atomic E-state index is 12.5. The van der Waals surface area contributed by atoms with Crippen LogP contribution in [0.2, 0.25) is 0 Å². The van der Waals surface area contributed by atoms with Crippen LogP contribution < -0.4 is 5.32 Å². The third-order valence-corrected chi connectivity index (χ3v) is 3.87. The Labute approximate surface area is 124 Å². The average molecular weight is 278 g/mol. The topological polar surface area (TPSA) is 34.0 Å². The molecular weight excluding hydrogens is 260 g/mol. The molecule has 21 heavy (non-hydrogen) atoms. The molecule has 0 bridgehead atoms. The number of carbonyl (C=O) groups excluding carboxylic acids is 1. The van der Waals surface area contributed by atoms with Crippen molar-refractivity contribution in [1.29, 1.82) is 0 Å². The Morgan fingerprint density at radius 2 is 1.76 bits per heavy atom. The first-order valence-corrected chi connectivity index (χ1v) is 6.99. The number of nitrogens with zero attached hydrogens (tertiary/aromatic N) is 1. The fraction of sp³-hybridized carbons (Fsp3) is 0.167. The molecule has 2 aromatic carbocycles. The van der Waals surface area contributed by atoms with Crippen LogP contribution in [-0.2, 0) is 7.05 Å². The van der Waals surface area contributed by atoms with Gasteiger partial charge in [-0.15, -0.1) is 0 Å². The molecule has 0 aliphatic rings. The van der Waals surface area contributed by atoms with Crippen molar-refractivity contribution >= 4 is 22.5 Å². The van der Waals surface area contributed by atoms with Gasteiger partial charge in [0.15, 0.2) is 0 Å². The quantitative estimate of drug-likeness (QED) is 0.754. The minimum Gasteiger partial charge on any atom is -0.351 e. The molecule has 0 unspecified atom stereocenters. The lowest BCUT2D eigenvalue weighted by Crippen LogP contribution is -2.13. The smallest absolute Gasteiger partial charge is 0.255 e. The van der Waals surface area contributed by atoms with Gasteiger partial charge in [0.2, 0.25) is 0 Å². The zero-order chi connectivity index (χ0) is 15.0. The summed E-state index contributed by atoms with van der Waals surface area (Å²) in [6.45, 7) is 4.01. The van der Waals surface area contributed by atoms with Crippen LogP contribution in [0.1, 0.15) is 21.5 Å². The molecule has 106 valence electrons. The molecule has 1 heterocycles. The molecule has 1 aromatic heterocycles. The van der Waals surface area contributed by atoms with Crippen LogP contribution in [0.25, 0.3) is 10.9 Å². The van der Waals surface area contributed by atoms with Crippen LogP contribution in [0.4, 0.5) is 5.69 Å². The van der Waals surface area contributed by atoms with Gasteiger partial charge >= 0.3 is 0 Å². The number of anilines is 1. The summed E-state index contributed by atoms with van der Waals surface area (Å²) in [5.41, 5.74) is 4.85. The van der Waals surface area contributed by atoms with E-state index in [0.29, 0.717) is 5.56 Å². The molecule has 3 heteroatoms. The second-order valence-corrected chi connectivity index (χ2v) is 5.42. The number of fused-ring (bicyclic) bond motifs is 1. The Morgan fingerprint density at radius 3 is 2.48 bits per heavy atom. The summed E-state index contributed by atoms with van der Waals surface area (Å²) in [4.78, 5) is 12.5. The van der Waals surface area contributed by atoms with Crippen molar-refractivity contribution in [3.05, 3.63) is 65.4 Å². The van der Waals surface area contributed by atoms with Crippen molar-refractivity contribution in [1.82, 2.24) is 4.57 Å². The van der Waals surface area contributed by atoms with Crippen LogP contribution in [-0.4, -0.2) is 10.5 Å². The number of hydrogen-bond donors (Lipinski definition) is 1. The highest BCUT2D eigenvalue weighted by molar-refractivity contribution is 6.06. The molecule has 0 atom stereocenters. The standard InChI is InChI=1S/C18H18N2O/c1-12-5-4-6-13(2)17(12)19-18(21)15-7-8-16-14(11-15)9-10-20(16)3/h4-11H,1-3H3,(H,19,21). The Kier molecular flexibility index (Phi) is 3.26. The van der Waals surface area contributed by atoms with Gasteiger partial charge in [0, 0.05) is 35.4 Å². The molecule has 0 spiro atoms. The summed E-state index contributed by atoms with van der Waals surface area (Å²) >= 11 is 0. The maximum Gasteiger partial charge on any atom is 0.255 e. The summed E-state index contributed by atoms with van der Waals surface area (Å²) < 4.78 is 2.04. The lowest BCUT2D eigenvalue weighted by atomic mass is 10.1. The second-order valence-electron chi connectivity index (χ2n) is 5.42. The van der Waals surface area contributed by atoms with E-state index in [1.54, 1.807) is 0 Å². The lowest BCUT2D eigenvalue weighted by Gasteiger charge is -2.11. The number of hydrogen-bond acceptors (Lipinski definition) is 1. The van der Waals surface area contributed by atoms with E-state index in [1.807, 2.05) is 74.1 Å². The number of nitrogens with one attached hydrogen (secondary N) is 1. The summed E-state index contributed by atoms with van der Waals surface area (Å²) in [7, 11) is 2.00. The zero-order valence-electron chi connectivity index (χ0n) is 12.5. The number of carbonyl (C=O) groups is 1. The third-order valence-electron chi connectivity index (χ3n) is 3.87. The Hall–Kier alpha value is -2.55. The van der Waals surface area contributed by atoms with Gasteiger partial charge in [0.25, 0.3) is 5.91 Å². The molecule has 0 saturated heterocycles. The molecule has 0 fully saturated rings. The second kappa shape index (κ2) is 5.09. The largest absolute Gasteiger partial charge is 0.351 e. The fourth-order valence-electron chi connectivity index (χ4n) is 2.62. The minimum atomic E-state index is -0.0712. The fourth-order valence-corrected chi connectivity index (χ4v) is 2.62. The van der Waals surface area contributed by atoms with Gasteiger partial charge in [0.05, 0.1) is 0 Å². The number of aromatic nitrogens is 1. The predicted octanol–water partition coefficient (Wildman–Crippen LogP) is 4.05. The average Bonchev–Trinajstić information content (AvgIpc) is 2.84. The van der Waals surface area contributed by atoms with E-state index < -0.39 is 0 Å². The first-order chi connectivity index (χ1) is 10.1. The SMILES string of the molecule is Cc1cccc(C)c1NC(=O)c1ccc2c(ccn2C)c1. The summed E-state index contributed by atoms with van der Waals surface area (Å²) in [5.74, 6) is -0.0712. The van der Waals surface area contributed by atoms with E-state index in [1.165, 1.54) is 0 Å². The van der Waals surface area contributed by atoms with Crippen molar-refractivity contribution in [2.75, 3.05) is 5.32 Å². The van der Waals surface area contributed by atoms with Crippen molar-refractivity contribution in [2.45, 2.75) is 13.8 Å². The van der Waals surface area contributed by atoms with Gasteiger partial charge < -0.3 is 9.88 Å². The van der Waals surface area contributed by atoms with Crippen LogP contribution in [0, 0.1) is 13.8 Å². The first-order valence-electron chi connectivity index (χ1n) is 6.99. The van der Waals surface area contributed by atoms with E-state index in [9.17, 15) is 4.79 Å². The highest BCUT2D eigenvalue weighted by Crippen LogP contribution is 2.22. The van der Waals surface area contributed by atoms with E-state index in [-0.39, 0.29) is 5.91 Å². The Morgan fingerprint density at radius 1 is 1.05 bits per heavy atom. The molecule has 1 amide bonds. The number of benzene rings is 2. The number of amides is 1. The molecule has 0 saturated carbocycles. The highest BCUT2D eigenvalue weighted by atomic mass is 16.1. The van der Waals surface area contributed by atoms with Crippen molar-refractivity contribution < 1.29 is 4.79 Å². The van der Waals surface area contributed by atoms with Gasteiger partial charge in [-0.3, -0.25) is 4.79 Å². The molecular formula is C18H18N2O. The predicted molar refractivity (Wildman–Crippen MR) is 86.8 cm³/mol. The lowest BCUT2D eigenvalue weighted by molar-refractivity contribution is 0.102. The first kappa shape index (κ1) is 13.4. The molecule has 3 rings (SSSR count). The van der Waals surface area contributed by atoms with Gasteiger partial charge in [-0.2, -0.15) is 0 Å². The number of aryl methyl sites for hydroxylation is 3. The maximum absolute atomic E-state index is 12.5. The van der Waals surface area contributed by atoms with Gasteiger partial charge in [-0.1, -0.05) is 18.2 Å². The molecule has 0 aliphatic heterocycles. The van der Waals surface area contributed by atoms with E-state index in [2.05, 4.69) is 5.32 Å². The number of para-hydroxylation sites is 1.